The van der Waals surface area contributed by atoms with Crippen LogP contribution in [0.25, 0.3) is 0 Å². The van der Waals surface area contributed by atoms with Gasteiger partial charge in [0.25, 0.3) is 0 Å². The molecule has 3 saturated heterocycles. The number of amides is 1. The number of rotatable bonds is 72. The van der Waals surface area contributed by atoms with Gasteiger partial charge >= 0.3 is 0 Å². The molecule has 17 atom stereocenters. The number of carbonyl (C=O) groups is 1. The van der Waals surface area contributed by atoms with Crippen LogP contribution in [0.1, 0.15) is 380 Å². The van der Waals surface area contributed by atoms with E-state index in [4.69, 9.17) is 28.4 Å². The first-order chi connectivity index (χ1) is 51.8. The molecule has 624 valence electrons. The van der Waals surface area contributed by atoms with Crippen LogP contribution >= 0.6 is 0 Å². The normalized spacial score (nSPS) is 25.8. The van der Waals surface area contributed by atoms with Crippen LogP contribution in [-0.4, -0.2) is 193 Å². The Morgan fingerprint density at radius 1 is 0.330 bits per heavy atom. The van der Waals surface area contributed by atoms with E-state index in [0.717, 1.165) is 44.9 Å². The van der Waals surface area contributed by atoms with E-state index in [1.807, 2.05) is 6.08 Å². The van der Waals surface area contributed by atoms with E-state index in [0.29, 0.717) is 12.8 Å². The monoisotopic (exact) mass is 1510 g/mol. The highest BCUT2D eigenvalue weighted by Gasteiger charge is 2.54. The van der Waals surface area contributed by atoms with E-state index in [-0.39, 0.29) is 18.9 Å². The van der Waals surface area contributed by atoms with Crippen LogP contribution in [0.5, 0.6) is 0 Å². The van der Waals surface area contributed by atoms with E-state index in [1.54, 1.807) is 6.08 Å². The second-order valence-corrected chi connectivity index (χ2v) is 31.7. The molecule has 0 aromatic heterocycles. The van der Waals surface area contributed by atoms with Crippen molar-refractivity contribution >= 4 is 5.91 Å². The highest BCUT2D eigenvalue weighted by Crippen LogP contribution is 2.34. The lowest BCUT2D eigenvalue weighted by atomic mass is 9.96. The van der Waals surface area contributed by atoms with Crippen molar-refractivity contribution in [3.8, 4) is 0 Å². The first-order valence-corrected chi connectivity index (χ1v) is 44.2. The highest BCUT2D eigenvalue weighted by molar-refractivity contribution is 5.76. The topological polar surface area (TPSA) is 307 Å². The summed E-state index contributed by atoms with van der Waals surface area (Å²) in [4.78, 5) is 13.5. The van der Waals surface area contributed by atoms with E-state index < -0.39 is 124 Å². The van der Waals surface area contributed by atoms with Gasteiger partial charge in [-0.3, -0.25) is 4.79 Å². The minimum atomic E-state index is -1.98. The number of allylic oxidation sites excluding steroid dienone is 5. The van der Waals surface area contributed by atoms with E-state index >= 15 is 0 Å². The van der Waals surface area contributed by atoms with Gasteiger partial charge in [-0.25, -0.2) is 0 Å². The molecular formula is C87H163NO18. The standard InChI is InChI=1S/C87H163NO18/c1-3-5-7-9-11-13-15-17-19-21-23-25-26-27-28-29-30-31-32-33-34-35-36-37-38-39-40-41-42-43-44-45-47-49-51-53-55-57-59-61-63-65-75(93)88-70(71(92)64-62-60-58-56-54-52-50-48-46-24-22-20-18-16-14-12-10-8-6-4-2)69-101-85-81(99)78(96)83(73(67-90)103-85)106-87-82(100)79(97)84(74(68-91)104-87)105-86-80(98)77(95)76(94)72(66-89)102-86/h46,48,54,56,62,64,70-74,76-87,89-92,94-100H,3-45,47,49-53,55,57-61,63,65-69H2,1-2H3,(H,88,93)/b48-46+,56-54+,64-62+. The number of aliphatic hydroxyl groups excluding tert-OH is 11. The van der Waals surface area contributed by atoms with Crippen LogP contribution in [0.4, 0.5) is 0 Å². The van der Waals surface area contributed by atoms with Crippen LogP contribution in [0.15, 0.2) is 36.5 Å². The number of ether oxygens (including phenoxy) is 6. The SMILES string of the molecule is CCCCCCCCCCCC/C=C/CC/C=C/CC/C=C/C(O)C(COC1OC(CO)C(OC2OC(CO)C(OC3OC(CO)C(O)C(O)C3O)C(O)C2O)C(O)C1O)NC(=O)CCCCCCCCCCCCCCCCCCCCCCCCCCCCCCCCCCCCCCCCCCC. The number of hydrogen-bond donors (Lipinski definition) is 12. The highest BCUT2D eigenvalue weighted by atomic mass is 16.8. The number of aliphatic hydroxyl groups is 11. The van der Waals surface area contributed by atoms with Crippen molar-refractivity contribution in [2.75, 3.05) is 26.4 Å². The van der Waals surface area contributed by atoms with E-state index in [1.165, 1.54) is 302 Å². The van der Waals surface area contributed by atoms with Crippen LogP contribution in [-0.2, 0) is 33.2 Å². The molecule has 3 fully saturated rings. The Morgan fingerprint density at radius 2 is 0.604 bits per heavy atom. The Kier molecular flexibility index (Phi) is 62.5. The number of hydrogen-bond acceptors (Lipinski definition) is 18. The molecule has 19 nitrogen and oxygen atoms in total. The smallest absolute Gasteiger partial charge is 0.220 e. The van der Waals surface area contributed by atoms with Crippen LogP contribution in [0, 0.1) is 0 Å². The predicted octanol–water partition coefficient (Wildman–Crippen LogP) is 16.2. The Bertz CT molecular complexity index is 2050. The van der Waals surface area contributed by atoms with Crippen molar-refractivity contribution in [2.45, 2.75) is 484 Å². The van der Waals surface area contributed by atoms with Crippen molar-refractivity contribution in [3.63, 3.8) is 0 Å². The first kappa shape index (κ1) is 98.2. The largest absolute Gasteiger partial charge is 0.394 e. The molecule has 0 spiro atoms. The molecule has 0 aromatic rings. The third-order valence-corrected chi connectivity index (χ3v) is 22.2. The molecule has 0 saturated carbocycles. The van der Waals surface area contributed by atoms with Gasteiger partial charge in [-0.05, 0) is 44.9 Å². The van der Waals surface area contributed by atoms with Crippen molar-refractivity contribution in [1.29, 1.82) is 0 Å². The summed E-state index contributed by atoms with van der Waals surface area (Å²) in [6.45, 7) is 1.76. The molecule has 3 aliphatic rings. The van der Waals surface area contributed by atoms with Crippen molar-refractivity contribution in [1.82, 2.24) is 5.32 Å². The van der Waals surface area contributed by atoms with Crippen molar-refractivity contribution in [2.24, 2.45) is 0 Å². The van der Waals surface area contributed by atoms with Gasteiger partial charge in [0, 0.05) is 6.42 Å². The maximum absolute atomic E-state index is 13.5. The summed E-state index contributed by atoms with van der Waals surface area (Å²) < 4.78 is 34.4. The zero-order valence-electron chi connectivity index (χ0n) is 67.2. The summed E-state index contributed by atoms with van der Waals surface area (Å²) in [5, 5.41) is 121. The van der Waals surface area contributed by atoms with Gasteiger partial charge in [0.05, 0.1) is 38.6 Å². The van der Waals surface area contributed by atoms with Crippen LogP contribution < -0.4 is 5.32 Å². The molecule has 1 amide bonds. The summed E-state index contributed by atoms with van der Waals surface area (Å²) in [6, 6.07) is -0.996. The fourth-order valence-corrected chi connectivity index (χ4v) is 15.1. The third kappa shape index (κ3) is 46.3. The van der Waals surface area contributed by atoms with Gasteiger partial charge in [0.1, 0.15) is 73.2 Å². The van der Waals surface area contributed by atoms with Gasteiger partial charge in [0.2, 0.25) is 5.91 Å². The molecule has 17 unspecified atom stereocenters. The number of carbonyl (C=O) groups excluding carboxylic acids is 1. The van der Waals surface area contributed by atoms with Crippen LogP contribution in [0.3, 0.4) is 0 Å². The molecule has 0 aromatic carbocycles. The van der Waals surface area contributed by atoms with Gasteiger partial charge in [-0.15, -0.1) is 0 Å². The molecule has 0 radical (unpaired) electrons. The van der Waals surface area contributed by atoms with Gasteiger partial charge < -0.3 is 89.9 Å². The average Bonchev–Trinajstić information content (AvgIpc) is 0.781. The summed E-state index contributed by atoms with van der Waals surface area (Å²) >= 11 is 0. The lowest BCUT2D eigenvalue weighted by Crippen LogP contribution is -2.66. The lowest BCUT2D eigenvalue weighted by Gasteiger charge is -2.48. The quantitative estimate of drug-likeness (QED) is 0.0199. The second-order valence-electron chi connectivity index (χ2n) is 31.7. The number of nitrogens with one attached hydrogen (secondary N) is 1. The van der Waals surface area contributed by atoms with Crippen molar-refractivity contribution in [3.05, 3.63) is 36.5 Å². The molecule has 19 heteroatoms. The van der Waals surface area contributed by atoms with Crippen LogP contribution in [0.2, 0.25) is 0 Å². The Morgan fingerprint density at radius 3 is 0.943 bits per heavy atom. The Hall–Kier alpha value is -1.99. The van der Waals surface area contributed by atoms with E-state index in [9.17, 15) is 61.0 Å². The molecule has 106 heavy (non-hydrogen) atoms. The fourth-order valence-electron chi connectivity index (χ4n) is 15.1. The second kappa shape index (κ2) is 67.5. The zero-order valence-corrected chi connectivity index (χ0v) is 67.2. The molecule has 3 rings (SSSR count). The summed E-state index contributed by atoms with van der Waals surface area (Å²) in [6.07, 6.45) is 59.0. The minimum Gasteiger partial charge on any atom is -0.394 e. The van der Waals surface area contributed by atoms with Crippen molar-refractivity contribution < 1.29 is 89.4 Å². The lowest BCUT2D eigenvalue weighted by molar-refractivity contribution is -0.379. The van der Waals surface area contributed by atoms with E-state index in [2.05, 4.69) is 43.5 Å². The summed E-state index contributed by atoms with van der Waals surface area (Å²) in [5.74, 6) is -0.282. The fraction of sp³-hybridized carbons (Fsp3) is 0.920. The summed E-state index contributed by atoms with van der Waals surface area (Å²) in [5.41, 5.74) is 0. The first-order valence-electron chi connectivity index (χ1n) is 44.2. The molecule has 3 heterocycles. The number of unbranched alkanes of at least 4 members (excludes halogenated alkanes) is 52. The minimum absolute atomic E-state index is 0.236. The van der Waals surface area contributed by atoms with Gasteiger partial charge in [-0.1, -0.05) is 365 Å². The predicted molar refractivity (Wildman–Crippen MR) is 425 cm³/mol. The Balaban J connectivity index is 1.29. The average molecular weight is 1510 g/mol. The maximum atomic E-state index is 13.5. The molecule has 3 aliphatic heterocycles. The summed E-state index contributed by atoms with van der Waals surface area (Å²) in [7, 11) is 0. The van der Waals surface area contributed by atoms with Gasteiger partial charge in [0.15, 0.2) is 18.9 Å². The molecular weight excluding hydrogens is 1350 g/mol. The zero-order chi connectivity index (χ0) is 76.7. The molecule has 0 aliphatic carbocycles. The molecule has 12 N–H and O–H groups in total. The maximum Gasteiger partial charge on any atom is 0.220 e. The third-order valence-electron chi connectivity index (χ3n) is 22.2. The Labute approximate surface area is 644 Å². The van der Waals surface area contributed by atoms with Gasteiger partial charge in [-0.2, -0.15) is 0 Å². The molecule has 0 bridgehead atoms.